The third-order valence-electron chi connectivity index (χ3n) is 2.43. The molecule has 1 rings (SSSR count). The molecule has 0 aliphatic rings. The molecular formula is C14H17N3O3. The third-order valence-corrected chi connectivity index (χ3v) is 2.43. The molecule has 6 nitrogen and oxygen atoms in total. The summed E-state index contributed by atoms with van der Waals surface area (Å²) in [6.07, 6.45) is 5.35. The summed E-state index contributed by atoms with van der Waals surface area (Å²) in [7, 11) is 0. The number of hydrogen-bond acceptors (Lipinski definition) is 4. The number of primary amides is 1. The van der Waals surface area contributed by atoms with Crippen molar-refractivity contribution in [1.29, 1.82) is 0 Å². The van der Waals surface area contributed by atoms with Gasteiger partial charge in [-0.1, -0.05) is 12.1 Å². The second-order valence-corrected chi connectivity index (χ2v) is 4.06. The summed E-state index contributed by atoms with van der Waals surface area (Å²) in [5.74, 6) is 1.92. The van der Waals surface area contributed by atoms with Gasteiger partial charge in [-0.25, -0.2) is 0 Å². The number of benzene rings is 1. The van der Waals surface area contributed by atoms with Gasteiger partial charge in [0, 0.05) is 6.42 Å². The van der Waals surface area contributed by atoms with Crippen LogP contribution < -0.4 is 21.5 Å². The Hall–Kier alpha value is -2.52. The lowest BCUT2D eigenvalue weighted by atomic mass is 10.2. The van der Waals surface area contributed by atoms with E-state index in [4.69, 9.17) is 22.6 Å². The average Bonchev–Trinajstić information content (AvgIpc) is 2.40. The van der Waals surface area contributed by atoms with Crippen LogP contribution in [0.25, 0.3) is 0 Å². The van der Waals surface area contributed by atoms with Crippen molar-refractivity contribution in [3.63, 3.8) is 0 Å². The summed E-state index contributed by atoms with van der Waals surface area (Å²) in [5, 5.41) is 2.63. The number of para-hydroxylation sites is 2. The average molecular weight is 275 g/mol. The highest BCUT2D eigenvalue weighted by molar-refractivity contribution is 5.96. The van der Waals surface area contributed by atoms with E-state index in [-0.39, 0.29) is 19.4 Å². The van der Waals surface area contributed by atoms with E-state index < -0.39 is 17.9 Å². The van der Waals surface area contributed by atoms with Gasteiger partial charge in [0.1, 0.15) is 5.75 Å². The Labute approximate surface area is 117 Å². The quantitative estimate of drug-likeness (QED) is 0.619. The molecule has 0 bridgehead atoms. The second-order valence-electron chi connectivity index (χ2n) is 4.06. The fourth-order valence-electron chi connectivity index (χ4n) is 1.40. The van der Waals surface area contributed by atoms with E-state index in [0.717, 1.165) is 0 Å². The lowest BCUT2D eigenvalue weighted by Crippen LogP contribution is -2.35. The van der Waals surface area contributed by atoms with E-state index in [2.05, 4.69) is 11.2 Å². The Morgan fingerprint density at radius 2 is 2.10 bits per heavy atom. The summed E-state index contributed by atoms with van der Waals surface area (Å²) in [5.41, 5.74) is 11.1. The number of carbonyl (C=O) groups is 2. The first-order valence-electron chi connectivity index (χ1n) is 6.04. The van der Waals surface area contributed by atoms with Crippen molar-refractivity contribution < 1.29 is 14.3 Å². The first kappa shape index (κ1) is 15.5. The van der Waals surface area contributed by atoms with Crippen molar-refractivity contribution >= 4 is 17.5 Å². The van der Waals surface area contributed by atoms with Crippen molar-refractivity contribution in [3.8, 4) is 18.1 Å². The van der Waals surface area contributed by atoms with Crippen molar-refractivity contribution in [3.05, 3.63) is 24.3 Å². The van der Waals surface area contributed by atoms with Crippen LogP contribution in [0.4, 0.5) is 5.69 Å². The molecule has 0 heterocycles. The Bertz CT molecular complexity index is 523. The van der Waals surface area contributed by atoms with Crippen LogP contribution in [-0.2, 0) is 9.59 Å². The summed E-state index contributed by atoms with van der Waals surface area (Å²) in [6, 6.07) is 6.04. The number of nitrogens with two attached hydrogens (primary N) is 2. The normalized spacial score (nSPS) is 11.2. The first-order valence-corrected chi connectivity index (χ1v) is 6.04. The van der Waals surface area contributed by atoms with Gasteiger partial charge in [0.05, 0.1) is 24.8 Å². The lowest BCUT2D eigenvalue weighted by Gasteiger charge is -2.14. The van der Waals surface area contributed by atoms with Crippen molar-refractivity contribution in [1.82, 2.24) is 0 Å². The van der Waals surface area contributed by atoms with Crippen LogP contribution in [0.2, 0.25) is 0 Å². The Kier molecular flexibility index (Phi) is 6.07. The van der Waals surface area contributed by atoms with E-state index in [0.29, 0.717) is 11.4 Å². The molecule has 1 atom stereocenters. The highest BCUT2D eigenvalue weighted by Crippen LogP contribution is 2.24. The van der Waals surface area contributed by atoms with Crippen LogP contribution in [-0.4, -0.2) is 24.5 Å². The Morgan fingerprint density at radius 1 is 1.40 bits per heavy atom. The second kappa shape index (κ2) is 7.81. The molecule has 0 aliphatic heterocycles. The maximum Gasteiger partial charge on any atom is 0.242 e. The number of anilines is 1. The van der Waals surface area contributed by atoms with Crippen molar-refractivity contribution in [2.45, 2.75) is 18.9 Å². The molecule has 0 spiro atoms. The summed E-state index contributed by atoms with van der Waals surface area (Å²) < 4.78 is 5.39. The fraction of sp³-hybridized carbons (Fsp3) is 0.286. The van der Waals surface area contributed by atoms with Gasteiger partial charge in [0.2, 0.25) is 11.8 Å². The zero-order chi connectivity index (χ0) is 15.0. The Morgan fingerprint density at radius 3 is 2.75 bits per heavy atom. The predicted molar refractivity (Wildman–Crippen MR) is 75.8 cm³/mol. The van der Waals surface area contributed by atoms with Gasteiger partial charge in [0.25, 0.3) is 0 Å². The van der Waals surface area contributed by atoms with Crippen molar-refractivity contribution in [2.75, 3.05) is 11.9 Å². The number of ether oxygens (including phenoxy) is 1. The number of amides is 2. The van der Waals surface area contributed by atoms with Crippen LogP contribution in [0.15, 0.2) is 24.3 Å². The number of carbonyl (C=O) groups excluding carboxylic acids is 2. The highest BCUT2D eigenvalue weighted by atomic mass is 16.5. The van der Waals surface area contributed by atoms with Crippen molar-refractivity contribution in [2.24, 2.45) is 11.5 Å². The molecule has 2 amide bonds. The number of nitrogens with one attached hydrogen (secondary N) is 1. The monoisotopic (exact) mass is 275 g/mol. The summed E-state index contributed by atoms with van der Waals surface area (Å²) in [4.78, 5) is 22.4. The number of rotatable bonds is 7. The molecule has 0 aliphatic carbocycles. The van der Waals surface area contributed by atoms with Gasteiger partial charge < -0.3 is 21.5 Å². The molecule has 5 N–H and O–H groups in total. The molecule has 0 saturated heterocycles. The molecule has 0 saturated carbocycles. The van der Waals surface area contributed by atoms with Crippen LogP contribution in [0.1, 0.15) is 12.8 Å². The standard InChI is InChI=1S/C14H17N3O3/c1-2-5-10(15)14(19)17-11-6-3-4-7-12(11)20-9-8-13(16)18/h1,3-4,6-7,10H,5,8-9,15H2,(H2,16,18)(H,17,19). The molecule has 0 radical (unpaired) electrons. The maximum absolute atomic E-state index is 11.8. The molecule has 6 heteroatoms. The fourth-order valence-corrected chi connectivity index (χ4v) is 1.40. The van der Waals surface area contributed by atoms with E-state index in [1.807, 2.05) is 0 Å². The van der Waals surface area contributed by atoms with Gasteiger partial charge in [-0.3, -0.25) is 9.59 Å². The van der Waals surface area contributed by atoms with E-state index in [9.17, 15) is 9.59 Å². The van der Waals surface area contributed by atoms with Crippen LogP contribution in [0, 0.1) is 12.3 Å². The minimum absolute atomic E-state index is 0.0961. The Balaban J connectivity index is 2.68. The van der Waals surface area contributed by atoms with E-state index in [1.165, 1.54) is 0 Å². The molecule has 1 aromatic rings. The van der Waals surface area contributed by atoms with Gasteiger partial charge in [-0.15, -0.1) is 12.3 Å². The minimum atomic E-state index is -0.779. The molecule has 20 heavy (non-hydrogen) atoms. The number of terminal acetylenes is 1. The van der Waals surface area contributed by atoms with Gasteiger partial charge in [-0.2, -0.15) is 0 Å². The van der Waals surface area contributed by atoms with Gasteiger partial charge >= 0.3 is 0 Å². The van der Waals surface area contributed by atoms with Crippen LogP contribution in [0.3, 0.4) is 0 Å². The molecule has 0 fully saturated rings. The molecular weight excluding hydrogens is 258 g/mol. The predicted octanol–water partition coefficient (Wildman–Crippen LogP) is 0.230. The van der Waals surface area contributed by atoms with Gasteiger partial charge in [0.15, 0.2) is 0 Å². The zero-order valence-corrected chi connectivity index (χ0v) is 11.0. The summed E-state index contributed by atoms with van der Waals surface area (Å²) in [6.45, 7) is 0.138. The molecule has 0 aromatic heterocycles. The van der Waals surface area contributed by atoms with Crippen LogP contribution >= 0.6 is 0 Å². The zero-order valence-electron chi connectivity index (χ0n) is 11.0. The molecule has 106 valence electrons. The molecule has 1 unspecified atom stereocenters. The first-order chi connectivity index (χ1) is 9.54. The maximum atomic E-state index is 11.8. The molecule has 1 aromatic carbocycles. The summed E-state index contributed by atoms with van der Waals surface area (Å²) >= 11 is 0. The third kappa shape index (κ3) is 5.00. The topological polar surface area (TPSA) is 107 Å². The van der Waals surface area contributed by atoms with Crippen LogP contribution in [0.5, 0.6) is 5.75 Å². The minimum Gasteiger partial charge on any atom is -0.491 e. The highest BCUT2D eigenvalue weighted by Gasteiger charge is 2.14. The van der Waals surface area contributed by atoms with Gasteiger partial charge in [-0.05, 0) is 12.1 Å². The SMILES string of the molecule is C#CCC(N)C(=O)Nc1ccccc1OCCC(N)=O. The number of hydrogen-bond donors (Lipinski definition) is 3. The lowest BCUT2D eigenvalue weighted by molar-refractivity contribution is -0.119. The van der Waals surface area contributed by atoms with E-state index >= 15 is 0 Å². The van der Waals surface area contributed by atoms with E-state index in [1.54, 1.807) is 24.3 Å². The smallest absolute Gasteiger partial charge is 0.242 e. The largest absolute Gasteiger partial charge is 0.491 e.